The van der Waals surface area contributed by atoms with Gasteiger partial charge in [-0.05, 0) is 43.5 Å². The molecule has 0 aliphatic carbocycles. The van der Waals surface area contributed by atoms with Crippen LogP contribution in [0.4, 0.5) is 16.2 Å². The van der Waals surface area contributed by atoms with E-state index in [1.54, 1.807) is 30.2 Å². The number of nitrogens with two attached hydrogens (primary N) is 1. The summed E-state index contributed by atoms with van der Waals surface area (Å²) >= 11 is 11.4. The van der Waals surface area contributed by atoms with Crippen molar-refractivity contribution in [1.29, 1.82) is 5.26 Å². The molecule has 2 N–H and O–H groups in total. The number of anilines is 2. The van der Waals surface area contributed by atoms with Crippen molar-refractivity contribution in [1.82, 2.24) is 24.1 Å². The van der Waals surface area contributed by atoms with E-state index in [9.17, 15) is 14.4 Å². The summed E-state index contributed by atoms with van der Waals surface area (Å²) in [7, 11) is 0. The topological polar surface area (TPSA) is 118 Å². The van der Waals surface area contributed by atoms with Crippen molar-refractivity contribution in [2.24, 2.45) is 5.92 Å². The summed E-state index contributed by atoms with van der Waals surface area (Å²) in [5.41, 5.74) is 6.54. The number of benzene rings is 1. The molecule has 0 bridgehead atoms. The molecule has 0 spiro atoms. The lowest BCUT2D eigenvalue weighted by molar-refractivity contribution is 0.443. The number of nitrogen functional groups attached to an aromatic ring is 1. The normalized spacial score (nSPS) is 19.9. The molecule has 12 heteroatoms. The second kappa shape index (κ2) is 8.25. The minimum atomic E-state index is -1.23. The highest BCUT2D eigenvalue weighted by Gasteiger charge is 2.50. The fourth-order valence-corrected chi connectivity index (χ4v) is 5.29. The molecule has 178 valence electrons. The van der Waals surface area contributed by atoms with Gasteiger partial charge in [0.2, 0.25) is 5.95 Å². The van der Waals surface area contributed by atoms with E-state index in [2.05, 4.69) is 16.0 Å². The largest absolute Gasteiger partial charge is 0.368 e. The quantitative estimate of drug-likeness (QED) is 0.405. The van der Waals surface area contributed by atoms with Crippen molar-refractivity contribution in [3.05, 3.63) is 74.8 Å². The first kappa shape index (κ1) is 23.1. The Morgan fingerprint density at radius 1 is 1.34 bits per heavy atom. The van der Waals surface area contributed by atoms with Crippen LogP contribution in [0.3, 0.4) is 0 Å². The molecule has 0 radical (unpaired) electrons. The van der Waals surface area contributed by atoms with Gasteiger partial charge >= 0.3 is 0 Å². The van der Waals surface area contributed by atoms with Crippen LogP contribution in [-0.2, 0) is 4.87 Å². The maximum Gasteiger partial charge on any atom is 0.284 e. The highest BCUT2D eigenvalue weighted by atomic mass is 35.5. The van der Waals surface area contributed by atoms with Gasteiger partial charge in [-0.15, -0.1) is 12.6 Å². The number of fused-ring (bicyclic) bond motifs is 1. The maximum atomic E-state index is 14.3. The zero-order valence-corrected chi connectivity index (χ0v) is 20.4. The standard InChI is InChI=1S/C23H20ClFN8OS/c1-12-6-8-31(19-16(11-26)13(2)28-22(27)29-19)23(12,35)21-30-32-9-7-17(24)18(32)20(34)33(21)15-5-3-4-14(25)10-15/h3-5,7,9-10,12,35H,6,8H2,1-2H3,(H2,27,28,29). The van der Waals surface area contributed by atoms with E-state index in [-0.39, 0.29) is 39.5 Å². The minimum Gasteiger partial charge on any atom is -0.368 e. The Morgan fingerprint density at radius 2 is 2.11 bits per heavy atom. The molecule has 3 aromatic heterocycles. The number of halogens is 2. The highest BCUT2D eigenvalue weighted by molar-refractivity contribution is 7.81. The van der Waals surface area contributed by atoms with Gasteiger partial charge in [0.05, 0.1) is 16.4 Å². The van der Waals surface area contributed by atoms with Crippen LogP contribution >= 0.6 is 24.2 Å². The number of aryl methyl sites for hydroxylation is 1. The lowest BCUT2D eigenvalue weighted by Gasteiger charge is -2.38. The molecule has 1 aliphatic rings. The van der Waals surface area contributed by atoms with E-state index in [0.29, 0.717) is 24.5 Å². The predicted molar refractivity (Wildman–Crippen MR) is 133 cm³/mol. The molecule has 0 saturated carbocycles. The first-order chi connectivity index (χ1) is 16.7. The van der Waals surface area contributed by atoms with Crippen LogP contribution < -0.4 is 16.2 Å². The van der Waals surface area contributed by atoms with E-state index in [4.69, 9.17) is 35.1 Å². The number of nitriles is 1. The van der Waals surface area contributed by atoms with Crippen molar-refractivity contribution in [3.8, 4) is 11.8 Å². The molecule has 35 heavy (non-hydrogen) atoms. The molecule has 1 aromatic carbocycles. The number of hydrogen-bond acceptors (Lipinski definition) is 8. The van der Waals surface area contributed by atoms with Gasteiger partial charge in [0.1, 0.15) is 27.8 Å². The van der Waals surface area contributed by atoms with Crippen LogP contribution in [0.25, 0.3) is 11.2 Å². The van der Waals surface area contributed by atoms with Crippen LogP contribution in [0.15, 0.2) is 41.3 Å². The Bertz CT molecular complexity index is 1600. The van der Waals surface area contributed by atoms with Gasteiger partial charge < -0.3 is 10.6 Å². The Labute approximate surface area is 210 Å². The van der Waals surface area contributed by atoms with E-state index in [1.807, 2.05) is 6.92 Å². The summed E-state index contributed by atoms with van der Waals surface area (Å²) in [6.07, 6.45) is 2.23. The monoisotopic (exact) mass is 510 g/mol. The summed E-state index contributed by atoms with van der Waals surface area (Å²) in [6, 6.07) is 9.37. The fourth-order valence-electron chi connectivity index (χ4n) is 4.60. The van der Waals surface area contributed by atoms with Crippen molar-refractivity contribution < 1.29 is 4.39 Å². The summed E-state index contributed by atoms with van der Waals surface area (Å²) in [5, 5.41) is 14.8. The average molecular weight is 511 g/mol. The molecular formula is C23H20ClFN8OS. The summed E-state index contributed by atoms with van der Waals surface area (Å²) in [4.78, 5) is 22.8. The van der Waals surface area contributed by atoms with E-state index in [1.165, 1.54) is 27.3 Å². The van der Waals surface area contributed by atoms with Gasteiger partial charge in [-0.3, -0.25) is 9.36 Å². The molecular weight excluding hydrogens is 491 g/mol. The van der Waals surface area contributed by atoms with Crippen LogP contribution in [0, 0.1) is 30.0 Å². The number of hydrogen-bond donors (Lipinski definition) is 2. The maximum absolute atomic E-state index is 14.3. The Morgan fingerprint density at radius 3 is 2.83 bits per heavy atom. The summed E-state index contributed by atoms with van der Waals surface area (Å²) in [6.45, 7) is 4.10. The Hall–Kier alpha value is -3.62. The Balaban J connectivity index is 1.87. The minimum absolute atomic E-state index is 0.00913. The molecule has 1 fully saturated rings. The van der Waals surface area contributed by atoms with Crippen molar-refractivity contribution in [2.75, 3.05) is 17.2 Å². The number of aromatic nitrogens is 5. The molecule has 0 amide bonds. The average Bonchev–Trinajstić information content (AvgIpc) is 3.33. The van der Waals surface area contributed by atoms with E-state index >= 15 is 0 Å². The summed E-state index contributed by atoms with van der Waals surface area (Å²) in [5.74, 6) is -0.154. The fraction of sp³-hybridized carbons (Fsp3) is 0.261. The molecule has 2 atom stereocenters. The van der Waals surface area contributed by atoms with Gasteiger partial charge in [0.15, 0.2) is 11.6 Å². The smallest absolute Gasteiger partial charge is 0.284 e. The second-order valence-electron chi connectivity index (χ2n) is 8.45. The van der Waals surface area contributed by atoms with Gasteiger partial charge in [0, 0.05) is 12.7 Å². The van der Waals surface area contributed by atoms with Crippen LogP contribution in [-0.4, -0.2) is 30.7 Å². The Kier molecular flexibility index (Phi) is 5.45. The SMILES string of the molecule is Cc1nc(N)nc(N2CCC(C)C2(S)c2nn3ccc(Cl)c3c(=O)n2-c2cccc(F)c2)c1C#N. The van der Waals surface area contributed by atoms with Gasteiger partial charge in [0.25, 0.3) is 5.56 Å². The second-order valence-corrected chi connectivity index (χ2v) is 9.54. The first-order valence-electron chi connectivity index (χ1n) is 10.8. The molecule has 5 rings (SSSR count). The van der Waals surface area contributed by atoms with E-state index in [0.717, 1.165) is 0 Å². The van der Waals surface area contributed by atoms with Crippen LogP contribution in [0.5, 0.6) is 0 Å². The molecule has 1 aliphatic heterocycles. The molecule has 1 saturated heterocycles. The molecule has 4 aromatic rings. The van der Waals surface area contributed by atoms with Crippen molar-refractivity contribution >= 4 is 41.5 Å². The summed E-state index contributed by atoms with van der Waals surface area (Å²) < 4.78 is 17.0. The van der Waals surface area contributed by atoms with Crippen LogP contribution in [0.1, 0.15) is 30.4 Å². The van der Waals surface area contributed by atoms with E-state index < -0.39 is 16.2 Å². The lowest BCUT2D eigenvalue weighted by Crippen LogP contribution is -2.46. The van der Waals surface area contributed by atoms with Gasteiger partial charge in [-0.2, -0.15) is 15.3 Å². The third kappa shape index (κ3) is 3.44. The van der Waals surface area contributed by atoms with Crippen LogP contribution in [0.2, 0.25) is 5.02 Å². The first-order valence-corrected chi connectivity index (χ1v) is 11.6. The molecule has 9 nitrogen and oxygen atoms in total. The highest BCUT2D eigenvalue weighted by Crippen LogP contribution is 2.48. The third-order valence-electron chi connectivity index (χ3n) is 6.37. The van der Waals surface area contributed by atoms with Crippen molar-refractivity contribution in [2.45, 2.75) is 25.1 Å². The zero-order valence-electron chi connectivity index (χ0n) is 18.8. The third-order valence-corrected chi connectivity index (χ3v) is 7.56. The lowest BCUT2D eigenvalue weighted by atomic mass is 10.0. The number of thiol groups is 1. The number of rotatable bonds is 3. The van der Waals surface area contributed by atoms with Gasteiger partial charge in [-0.25, -0.2) is 13.9 Å². The predicted octanol–water partition coefficient (Wildman–Crippen LogP) is 3.46. The van der Waals surface area contributed by atoms with Crippen molar-refractivity contribution in [3.63, 3.8) is 0 Å². The molecule has 2 unspecified atom stereocenters. The van der Waals surface area contributed by atoms with Gasteiger partial charge in [-0.1, -0.05) is 24.6 Å². The molecule has 4 heterocycles. The zero-order chi connectivity index (χ0) is 25.1. The number of nitrogens with zero attached hydrogens (tertiary/aromatic N) is 7.